The van der Waals surface area contributed by atoms with E-state index in [1.165, 1.54) is 0 Å². The average Bonchev–Trinajstić information content (AvgIpc) is 2.24. The average molecular weight is 273 g/mol. The summed E-state index contributed by atoms with van der Waals surface area (Å²) in [6.07, 6.45) is 1.26. The number of hydrogen-bond donors (Lipinski definition) is 3. The Hall–Kier alpha value is -1.30. The maximum absolute atomic E-state index is 11.6. The van der Waals surface area contributed by atoms with Crippen LogP contribution < -0.4 is 5.32 Å². The number of hydrogen-bond acceptors (Lipinski definition) is 4. The van der Waals surface area contributed by atoms with Crippen LogP contribution in [0.25, 0.3) is 0 Å². The fourth-order valence-corrected chi connectivity index (χ4v) is 2.25. The molecular formula is C13H23NO5. The molecule has 3 N–H and O–H groups in total. The topological polar surface area (TPSA) is 95.9 Å². The molecule has 0 aromatic rings. The summed E-state index contributed by atoms with van der Waals surface area (Å²) >= 11 is 0. The second kappa shape index (κ2) is 6.23. The number of ether oxygens (including phenoxy) is 1. The maximum atomic E-state index is 11.6. The quantitative estimate of drug-likeness (QED) is 0.724. The molecule has 1 fully saturated rings. The van der Waals surface area contributed by atoms with E-state index >= 15 is 0 Å². The second-order valence-corrected chi connectivity index (χ2v) is 6.03. The minimum Gasteiger partial charge on any atom is -0.480 e. The second-order valence-electron chi connectivity index (χ2n) is 6.03. The largest absolute Gasteiger partial charge is 0.480 e. The number of rotatable bonds is 3. The molecule has 0 aliphatic heterocycles. The van der Waals surface area contributed by atoms with Crippen molar-refractivity contribution >= 4 is 12.1 Å². The highest BCUT2D eigenvalue weighted by Gasteiger charge is 2.33. The SMILES string of the molecule is CC(C)(C)OC(=O)N[C@H](C(=O)O)[C@H]1CC[C@@H](O)CC1. The summed E-state index contributed by atoms with van der Waals surface area (Å²) in [5, 5.41) is 21.0. The van der Waals surface area contributed by atoms with Crippen molar-refractivity contribution in [3.8, 4) is 0 Å². The lowest BCUT2D eigenvalue weighted by Gasteiger charge is -2.30. The van der Waals surface area contributed by atoms with Gasteiger partial charge in [-0.1, -0.05) is 0 Å². The van der Waals surface area contributed by atoms with Crippen LogP contribution in [0.1, 0.15) is 46.5 Å². The lowest BCUT2D eigenvalue weighted by atomic mass is 9.82. The van der Waals surface area contributed by atoms with Crippen LogP contribution in [0.15, 0.2) is 0 Å². The van der Waals surface area contributed by atoms with E-state index in [-0.39, 0.29) is 12.0 Å². The molecule has 0 bridgehead atoms. The van der Waals surface area contributed by atoms with Crippen LogP contribution in [0, 0.1) is 5.92 Å². The molecule has 6 heteroatoms. The first-order valence-corrected chi connectivity index (χ1v) is 6.59. The van der Waals surface area contributed by atoms with Crippen LogP contribution >= 0.6 is 0 Å². The number of carbonyl (C=O) groups excluding carboxylic acids is 1. The highest BCUT2D eigenvalue weighted by molar-refractivity contribution is 5.80. The first kappa shape index (κ1) is 15.8. The number of carboxylic acid groups (broad SMARTS) is 1. The van der Waals surface area contributed by atoms with Crippen LogP contribution in [0.3, 0.4) is 0 Å². The van der Waals surface area contributed by atoms with Gasteiger partial charge in [0.25, 0.3) is 0 Å². The molecule has 1 saturated carbocycles. The van der Waals surface area contributed by atoms with Gasteiger partial charge in [0.05, 0.1) is 6.10 Å². The van der Waals surface area contributed by atoms with Gasteiger partial charge in [-0.15, -0.1) is 0 Å². The van der Waals surface area contributed by atoms with Gasteiger partial charge in [-0.3, -0.25) is 0 Å². The number of carbonyl (C=O) groups is 2. The predicted molar refractivity (Wildman–Crippen MR) is 68.8 cm³/mol. The van der Waals surface area contributed by atoms with Crippen LogP contribution in [-0.4, -0.2) is 40.0 Å². The molecule has 1 aliphatic carbocycles. The normalized spacial score (nSPS) is 25.5. The Kier molecular flexibility index (Phi) is 5.17. The van der Waals surface area contributed by atoms with Crippen molar-refractivity contribution in [3.05, 3.63) is 0 Å². The molecule has 0 saturated heterocycles. The number of alkyl carbamates (subject to hydrolysis) is 1. The van der Waals surface area contributed by atoms with Crippen LogP contribution in [0.2, 0.25) is 0 Å². The molecule has 0 aromatic heterocycles. The Balaban J connectivity index is 2.58. The van der Waals surface area contributed by atoms with Gasteiger partial charge in [-0.05, 0) is 52.4 Å². The van der Waals surface area contributed by atoms with Crippen LogP contribution in [0.4, 0.5) is 4.79 Å². The number of carboxylic acids is 1. The summed E-state index contributed by atoms with van der Waals surface area (Å²) in [6, 6.07) is -0.956. The third-order valence-electron chi connectivity index (χ3n) is 3.15. The molecule has 1 atom stereocenters. The maximum Gasteiger partial charge on any atom is 0.408 e. The molecular weight excluding hydrogens is 250 g/mol. The first-order chi connectivity index (χ1) is 8.69. The Morgan fingerprint density at radius 3 is 2.16 bits per heavy atom. The number of nitrogens with one attached hydrogen (secondary N) is 1. The van der Waals surface area contributed by atoms with E-state index in [0.717, 1.165) is 0 Å². The summed E-state index contributed by atoms with van der Waals surface area (Å²) < 4.78 is 5.07. The fourth-order valence-electron chi connectivity index (χ4n) is 2.25. The van der Waals surface area contributed by atoms with Gasteiger partial charge in [0.2, 0.25) is 0 Å². The fraction of sp³-hybridized carbons (Fsp3) is 0.846. The van der Waals surface area contributed by atoms with Gasteiger partial charge in [-0.2, -0.15) is 0 Å². The molecule has 0 radical (unpaired) electrons. The number of aliphatic carboxylic acids is 1. The standard InChI is InChI=1S/C13H23NO5/c1-13(2,3)19-12(18)14-10(11(16)17)8-4-6-9(15)7-5-8/h8-10,15H,4-7H2,1-3H3,(H,14,18)(H,16,17)/t8-,9+,10-/m0/s1. The summed E-state index contributed by atoms with van der Waals surface area (Å²) in [5.74, 6) is -1.22. The molecule has 0 unspecified atom stereocenters. The van der Waals surface area contributed by atoms with Crippen molar-refractivity contribution in [2.24, 2.45) is 5.92 Å². The molecule has 1 amide bonds. The summed E-state index contributed by atoms with van der Waals surface area (Å²) in [5.41, 5.74) is -0.657. The molecule has 110 valence electrons. The Labute approximate surface area is 113 Å². The molecule has 1 rings (SSSR count). The van der Waals surface area contributed by atoms with Gasteiger partial charge < -0.3 is 20.3 Å². The Morgan fingerprint density at radius 2 is 1.74 bits per heavy atom. The van der Waals surface area contributed by atoms with Crippen molar-refractivity contribution in [1.29, 1.82) is 0 Å². The Morgan fingerprint density at radius 1 is 1.21 bits per heavy atom. The number of aliphatic hydroxyl groups excluding tert-OH is 1. The van der Waals surface area contributed by atoms with Crippen molar-refractivity contribution in [3.63, 3.8) is 0 Å². The zero-order valence-corrected chi connectivity index (χ0v) is 11.7. The minimum absolute atomic E-state index is 0.159. The lowest BCUT2D eigenvalue weighted by molar-refractivity contribution is -0.141. The zero-order chi connectivity index (χ0) is 14.6. The van der Waals surface area contributed by atoms with E-state index in [0.29, 0.717) is 25.7 Å². The van der Waals surface area contributed by atoms with Crippen molar-refractivity contribution in [1.82, 2.24) is 5.32 Å². The highest BCUT2D eigenvalue weighted by atomic mass is 16.6. The van der Waals surface area contributed by atoms with Gasteiger partial charge in [0, 0.05) is 0 Å². The van der Waals surface area contributed by atoms with Gasteiger partial charge in [-0.25, -0.2) is 9.59 Å². The van der Waals surface area contributed by atoms with Crippen LogP contribution in [0.5, 0.6) is 0 Å². The summed E-state index contributed by atoms with van der Waals surface area (Å²) in [4.78, 5) is 22.9. The predicted octanol–water partition coefficient (Wildman–Crippen LogP) is 1.52. The molecule has 1 aliphatic rings. The van der Waals surface area contributed by atoms with E-state index in [1.54, 1.807) is 20.8 Å². The molecule has 19 heavy (non-hydrogen) atoms. The zero-order valence-electron chi connectivity index (χ0n) is 11.7. The van der Waals surface area contributed by atoms with Gasteiger partial charge >= 0.3 is 12.1 Å². The third kappa shape index (κ3) is 5.46. The van der Waals surface area contributed by atoms with Crippen molar-refractivity contribution in [2.45, 2.75) is 64.2 Å². The molecule has 0 heterocycles. The van der Waals surface area contributed by atoms with Crippen LogP contribution in [-0.2, 0) is 9.53 Å². The van der Waals surface area contributed by atoms with Crippen molar-refractivity contribution < 1.29 is 24.5 Å². The summed E-state index contributed by atoms with van der Waals surface area (Å²) in [6.45, 7) is 5.16. The summed E-state index contributed by atoms with van der Waals surface area (Å²) in [7, 11) is 0. The van der Waals surface area contributed by atoms with Gasteiger partial charge in [0.15, 0.2) is 0 Å². The smallest absolute Gasteiger partial charge is 0.408 e. The number of aliphatic hydroxyl groups is 1. The molecule has 0 spiro atoms. The highest BCUT2D eigenvalue weighted by Crippen LogP contribution is 2.27. The lowest BCUT2D eigenvalue weighted by Crippen LogP contribution is -2.48. The Bertz CT molecular complexity index is 328. The minimum atomic E-state index is -1.06. The number of amides is 1. The van der Waals surface area contributed by atoms with Crippen molar-refractivity contribution in [2.75, 3.05) is 0 Å². The van der Waals surface area contributed by atoms with Gasteiger partial charge in [0.1, 0.15) is 11.6 Å². The molecule has 6 nitrogen and oxygen atoms in total. The monoisotopic (exact) mass is 273 g/mol. The van der Waals surface area contributed by atoms with E-state index in [9.17, 15) is 19.8 Å². The first-order valence-electron chi connectivity index (χ1n) is 6.59. The third-order valence-corrected chi connectivity index (χ3v) is 3.15. The van der Waals surface area contributed by atoms with E-state index in [1.807, 2.05) is 0 Å². The molecule has 0 aromatic carbocycles. The van der Waals surface area contributed by atoms with E-state index in [2.05, 4.69) is 5.32 Å². The van der Waals surface area contributed by atoms with E-state index in [4.69, 9.17) is 4.74 Å². The van der Waals surface area contributed by atoms with E-state index < -0.39 is 23.7 Å².